The van der Waals surface area contributed by atoms with Gasteiger partial charge in [-0.2, -0.15) is 5.10 Å². The van der Waals surface area contributed by atoms with E-state index in [4.69, 9.17) is 0 Å². The molecule has 1 aliphatic heterocycles. The van der Waals surface area contributed by atoms with Crippen LogP contribution in [0, 0.1) is 0 Å². The molecule has 6 nitrogen and oxygen atoms in total. The molecule has 134 valence electrons. The SMILES string of the molecule is CN(C)C1(CNC(=O)CCC(=O)N2CCC(c3ccccc3)=N2)CC1. The number of carbonyl (C=O) groups is 2. The molecule has 2 amide bonds. The molecular weight excluding hydrogens is 316 g/mol. The summed E-state index contributed by atoms with van der Waals surface area (Å²) in [6.07, 6.45) is 3.41. The van der Waals surface area contributed by atoms with Crippen molar-refractivity contribution in [3.8, 4) is 0 Å². The van der Waals surface area contributed by atoms with Crippen LogP contribution in [0.25, 0.3) is 0 Å². The maximum atomic E-state index is 12.3. The fourth-order valence-corrected chi connectivity index (χ4v) is 3.10. The third kappa shape index (κ3) is 4.25. The van der Waals surface area contributed by atoms with Crippen molar-refractivity contribution in [2.45, 2.75) is 37.6 Å². The van der Waals surface area contributed by atoms with Gasteiger partial charge in [0.15, 0.2) is 0 Å². The Morgan fingerprint density at radius 1 is 1.20 bits per heavy atom. The number of nitrogens with one attached hydrogen (secondary N) is 1. The van der Waals surface area contributed by atoms with Crippen molar-refractivity contribution in [2.24, 2.45) is 5.10 Å². The highest BCUT2D eigenvalue weighted by Gasteiger charge is 2.44. The summed E-state index contributed by atoms with van der Waals surface area (Å²) >= 11 is 0. The van der Waals surface area contributed by atoms with E-state index in [1.807, 2.05) is 44.4 Å². The fraction of sp³-hybridized carbons (Fsp3) is 0.526. The predicted molar refractivity (Wildman–Crippen MR) is 97.2 cm³/mol. The fourth-order valence-electron chi connectivity index (χ4n) is 3.10. The van der Waals surface area contributed by atoms with E-state index in [1.165, 1.54) is 5.01 Å². The zero-order valence-electron chi connectivity index (χ0n) is 15.0. The summed E-state index contributed by atoms with van der Waals surface area (Å²) in [5, 5.41) is 8.87. The molecule has 1 N–H and O–H groups in total. The Morgan fingerprint density at radius 2 is 1.92 bits per heavy atom. The Kier molecular flexibility index (Phi) is 5.18. The van der Waals surface area contributed by atoms with E-state index in [9.17, 15) is 9.59 Å². The normalized spacial score (nSPS) is 18.2. The number of hydrazone groups is 1. The van der Waals surface area contributed by atoms with Gasteiger partial charge in [0.1, 0.15) is 0 Å². The second kappa shape index (κ2) is 7.35. The van der Waals surface area contributed by atoms with Gasteiger partial charge in [-0.3, -0.25) is 9.59 Å². The van der Waals surface area contributed by atoms with Crippen LogP contribution >= 0.6 is 0 Å². The zero-order valence-corrected chi connectivity index (χ0v) is 15.0. The van der Waals surface area contributed by atoms with Crippen molar-refractivity contribution in [3.05, 3.63) is 35.9 Å². The molecule has 25 heavy (non-hydrogen) atoms. The van der Waals surface area contributed by atoms with Crippen LogP contribution in [0.1, 0.15) is 37.7 Å². The van der Waals surface area contributed by atoms with E-state index in [-0.39, 0.29) is 30.2 Å². The average molecular weight is 342 g/mol. The minimum Gasteiger partial charge on any atom is -0.354 e. The summed E-state index contributed by atoms with van der Waals surface area (Å²) in [6, 6.07) is 9.89. The van der Waals surface area contributed by atoms with E-state index >= 15 is 0 Å². The molecule has 1 aromatic rings. The van der Waals surface area contributed by atoms with Gasteiger partial charge in [-0.15, -0.1) is 0 Å². The number of amides is 2. The highest BCUT2D eigenvalue weighted by atomic mass is 16.2. The van der Waals surface area contributed by atoms with E-state index in [0.29, 0.717) is 13.1 Å². The quantitative estimate of drug-likeness (QED) is 0.819. The minimum atomic E-state index is -0.0881. The van der Waals surface area contributed by atoms with Gasteiger partial charge in [-0.05, 0) is 32.5 Å². The first-order chi connectivity index (χ1) is 12.0. The Hall–Kier alpha value is -2.21. The smallest absolute Gasteiger partial charge is 0.243 e. The van der Waals surface area contributed by atoms with E-state index in [0.717, 1.165) is 30.5 Å². The number of hydrogen-bond donors (Lipinski definition) is 1. The largest absolute Gasteiger partial charge is 0.354 e. The van der Waals surface area contributed by atoms with Crippen LogP contribution in [0.2, 0.25) is 0 Å². The number of hydrogen-bond acceptors (Lipinski definition) is 4. The van der Waals surface area contributed by atoms with Crippen molar-refractivity contribution in [2.75, 3.05) is 27.2 Å². The summed E-state index contributed by atoms with van der Waals surface area (Å²) in [6.45, 7) is 1.25. The standard InChI is InChI=1S/C19H26N4O2/c1-22(2)19(11-12-19)14-20-17(24)8-9-18(25)23-13-10-16(21-23)15-6-4-3-5-7-15/h3-7H,8-14H2,1-2H3,(H,20,24). The van der Waals surface area contributed by atoms with Crippen LogP contribution in [0.4, 0.5) is 0 Å². The van der Waals surface area contributed by atoms with Crippen LogP contribution in [0.3, 0.4) is 0 Å². The van der Waals surface area contributed by atoms with Crippen LogP contribution in [0.15, 0.2) is 35.4 Å². The third-order valence-electron chi connectivity index (χ3n) is 5.15. The summed E-state index contributed by atoms with van der Waals surface area (Å²) in [4.78, 5) is 26.5. The maximum Gasteiger partial charge on any atom is 0.243 e. The lowest BCUT2D eigenvalue weighted by atomic mass is 10.1. The Bertz CT molecular complexity index is 665. The van der Waals surface area contributed by atoms with Crippen LogP contribution in [-0.2, 0) is 9.59 Å². The molecule has 0 radical (unpaired) electrons. The molecule has 0 unspecified atom stereocenters. The third-order valence-corrected chi connectivity index (χ3v) is 5.15. The van der Waals surface area contributed by atoms with Crippen molar-refractivity contribution < 1.29 is 9.59 Å². The topological polar surface area (TPSA) is 65.0 Å². The van der Waals surface area contributed by atoms with Gasteiger partial charge in [0.2, 0.25) is 11.8 Å². The van der Waals surface area contributed by atoms with E-state index in [2.05, 4.69) is 15.3 Å². The summed E-state index contributed by atoms with van der Waals surface area (Å²) < 4.78 is 0. The number of rotatable bonds is 7. The summed E-state index contributed by atoms with van der Waals surface area (Å²) in [7, 11) is 4.08. The molecule has 0 aromatic heterocycles. The first-order valence-corrected chi connectivity index (χ1v) is 8.88. The Morgan fingerprint density at radius 3 is 2.56 bits per heavy atom. The monoisotopic (exact) mass is 342 g/mol. The first kappa shape index (κ1) is 17.6. The van der Waals surface area contributed by atoms with Crippen molar-refractivity contribution in [3.63, 3.8) is 0 Å². The summed E-state index contributed by atoms with van der Waals surface area (Å²) in [5.74, 6) is -0.150. The predicted octanol–water partition coefficient (Wildman–Crippen LogP) is 1.61. The highest BCUT2D eigenvalue weighted by Crippen LogP contribution is 2.39. The van der Waals surface area contributed by atoms with Crippen LogP contribution in [0.5, 0.6) is 0 Å². The molecule has 6 heteroatoms. The second-order valence-electron chi connectivity index (χ2n) is 7.08. The van der Waals surface area contributed by atoms with Crippen molar-refractivity contribution in [1.82, 2.24) is 15.2 Å². The molecule has 1 saturated carbocycles. The molecule has 0 saturated heterocycles. The lowest BCUT2D eigenvalue weighted by Crippen LogP contribution is -2.42. The average Bonchev–Trinajstić information content (AvgIpc) is 3.26. The lowest BCUT2D eigenvalue weighted by Gasteiger charge is -2.23. The molecule has 3 rings (SSSR count). The highest BCUT2D eigenvalue weighted by molar-refractivity contribution is 6.02. The van der Waals surface area contributed by atoms with Crippen LogP contribution in [-0.4, -0.2) is 60.2 Å². The van der Waals surface area contributed by atoms with Gasteiger partial charge in [0.25, 0.3) is 0 Å². The molecule has 1 aliphatic carbocycles. The van der Waals surface area contributed by atoms with Gasteiger partial charge in [-0.25, -0.2) is 5.01 Å². The van der Waals surface area contributed by atoms with Crippen molar-refractivity contribution in [1.29, 1.82) is 0 Å². The first-order valence-electron chi connectivity index (χ1n) is 8.88. The molecule has 1 heterocycles. The molecule has 0 spiro atoms. The van der Waals surface area contributed by atoms with E-state index in [1.54, 1.807) is 0 Å². The summed E-state index contributed by atoms with van der Waals surface area (Å²) in [5.41, 5.74) is 2.11. The van der Waals surface area contributed by atoms with Gasteiger partial charge in [0, 0.05) is 31.3 Å². The minimum absolute atomic E-state index is 0.0621. The Labute approximate surface area is 148 Å². The maximum absolute atomic E-state index is 12.3. The van der Waals surface area contributed by atoms with Gasteiger partial charge >= 0.3 is 0 Å². The second-order valence-corrected chi connectivity index (χ2v) is 7.08. The molecular formula is C19H26N4O2. The molecule has 2 aliphatic rings. The van der Waals surface area contributed by atoms with Crippen LogP contribution < -0.4 is 5.32 Å². The number of likely N-dealkylation sites (N-methyl/N-ethyl adjacent to an activating group) is 1. The van der Waals surface area contributed by atoms with Crippen molar-refractivity contribution >= 4 is 17.5 Å². The molecule has 0 atom stereocenters. The van der Waals surface area contributed by atoms with Gasteiger partial charge in [-0.1, -0.05) is 30.3 Å². The Balaban J connectivity index is 1.44. The van der Waals surface area contributed by atoms with Gasteiger partial charge < -0.3 is 10.2 Å². The molecule has 0 bridgehead atoms. The van der Waals surface area contributed by atoms with E-state index < -0.39 is 0 Å². The number of carbonyl (C=O) groups excluding carboxylic acids is 2. The number of benzene rings is 1. The molecule has 1 aromatic carbocycles. The zero-order chi connectivity index (χ0) is 17.9. The molecule has 1 fully saturated rings. The van der Waals surface area contributed by atoms with Gasteiger partial charge in [0.05, 0.1) is 12.3 Å². The lowest BCUT2D eigenvalue weighted by molar-refractivity contribution is -0.133. The number of nitrogens with zero attached hydrogens (tertiary/aromatic N) is 3.